The first-order valence-corrected chi connectivity index (χ1v) is 12.7. The van der Waals surface area contributed by atoms with E-state index < -0.39 is 16.5 Å². The maximum Gasteiger partial charge on any atom is 0.335 e. The van der Waals surface area contributed by atoms with Crippen LogP contribution in [0.1, 0.15) is 68.3 Å². The molecule has 2 aromatic carbocycles. The van der Waals surface area contributed by atoms with Crippen LogP contribution in [-0.4, -0.2) is 58.2 Å². The number of benzene rings is 2. The van der Waals surface area contributed by atoms with Gasteiger partial charge in [-0.05, 0) is 63.9 Å². The molecule has 0 aliphatic carbocycles. The van der Waals surface area contributed by atoms with Crippen molar-refractivity contribution in [3.63, 3.8) is 0 Å². The Morgan fingerprint density at radius 3 is 2.32 bits per heavy atom. The van der Waals surface area contributed by atoms with Gasteiger partial charge in [0, 0.05) is 36.2 Å². The minimum Gasteiger partial charge on any atom is -0.478 e. The fourth-order valence-electron chi connectivity index (χ4n) is 5.62. The smallest absolute Gasteiger partial charge is 0.335 e. The second kappa shape index (κ2) is 14.8. The molecule has 38 heavy (non-hydrogen) atoms. The van der Waals surface area contributed by atoms with Gasteiger partial charge in [-0.1, -0.05) is 50.1 Å². The highest BCUT2D eigenvalue weighted by Crippen LogP contribution is 2.50. The van der Waals surface area contributed by atoms with Crippen LogP contribution in [-0.2, 0) is 5.60 Å². The predicted molar refractivity (Wildman–Crippen MR) is 155 cm³/mol. The number of nitrogens with zero attached hydrogens (tertiary/aromatic N) is 2. The monoisotopic (exact) mass is 569 g/mol. The van der Waals surface area contributed by atoms with Gasteiger partial charge in [0.2, 0.25) is 0 Å². The molecule has 2 aliphatic heterocycles. The van der Waals surface area contributed by atoms with E-state index in [9.17, 15) is 20.0 Å². The van der Waals surface area contributed by atoms with Crippen LogP contribution in [0, 0.1) is 15.5 Å². The fraction of sp³-hybridized carbons (Fsp3) is 0.536. The summed E-state index contributed by atoms with van der Waals surface area (Å²) in [6, 6.07) is 16.0. The normalized spacial score (nSPS) is 27.4. The van der Waals surface area contributed by atoms with Crippen LogP contribution in [0.5, 0.6) is 0 Å². The zero-order valence-corrected chi connectivity index (χ0v) is 24.0. The number of nitro groups is 1. The Morgan fingerprint density at radius 2 is 1.74 bits per heavy atom. The predicted octanol–water partition coefficient (Wildman–Crippen LogP) is 5.66. The van der Waals surface area contributed by atoms with E-state index in [4.69, 9.17) is 5.11 Å². The second-order valence-electron chi connectivity index (χ2n) is 10.6. The van der Waals surface area contributed by atoms with Gasteiger partial charge in [0.25, 0.3) is 5.69 Å². The molecule has 0 spiro atoms. The van der Waals surface area contributed by atoms with Crippen molar-refractivity contribution < 1.29 is 19.9 Å². The quantitative estimate of drug-likeness (QED) is 0.314. The van der Waals surface area contributed by atoms with Gasteiger partial charge in [-0.3, -0.25) is 10.1 Å². The van der Waals surface area contributed by atoms with E-state index >= 15 is 0 Å². The lowest BCUT2D eigenvalue weighted by molar-refractivity contribution is -0.384. The number of nitrogens with one attached hydrogen (secondary N) is 1. The molecule has 0 bridgehead atoms. The molecule has 0 amide bonds. The van der Waals surface area contributed by atoms with E-state index in [2.05, 4.69) is 55.4 Å². The minimum atomic E-state index is -1.09. The molecule has 4 unspecified atom stereocenters. The summed E-state index contributed by atoms with van der Waals surface area (Å²) in [5, 5.41) is 34.2. The number of hydrogen-bond acceptors (Lipinski definition) is 6. The Bertz CT molecular complexity index is 986. The largest absolute Gasteiger partial charge is 0.478 e. The van der Waals surface area contributed by atoms with Gasteiger partial charge in [-0.25, -0.2) is 4.79 Å². The molecule has 212 valence electrons. The molecule has 2 saturated heterocycles. The van der Waals surface area contributed by atoms with E-state index in [1.54, 1.807) is 0 Å². The van der Waals surface area contributed by atoms with Crippen LogP contribution in [0.25, 0.3) is 0 Å². The average Bonchev–Trinajstić information content (AvgIpc) is 3.12. The van der Waals surface area contributed by atoms with Gasteiger partial charge in [0.15, 0.2) is 0 Å². The number of piperidine rings is 1. The molecular weight excluding hydrogens is 529 g/mol. The SMILES string of the molecule is CC1CC(O)(c2ccccc2)C(C)(CC2CCCCCN2)CN1C.Cl.Cl.O=C(O)c1ccc([N+](=O)[O-])cc1. The lowest BCUT2D eigenvalue weighted by Crippen LogP contribution is -2.60. The number of non-ortho nitro benzene ring substituents is 1. The van der Waals surface area contributed by atoms with E-state index in [0.29, 0.717) is 12.1 Å². The van der Waals surface area contributed by atoms with Crippen molar-refractivity contribution in [1.29, 1.82) is 0 Å². The molecule has 0 aromatic heterocycles. The van der Waals surface area contributed by atoms with E-state index in [1.807, 2.05) is 6.07 Å². The summed E-state index contributed by atoms with van der Waals surface area (Å²) in [6.07, 6.45) is 7.00. The van der Waals surface area contributed by atoms with Gasteiger partial charge in [0.05, 0.1) is 16.1 Å². The van der Waals surface area contributed by atoms with Crippen molar-refractivity contribution in [3.8, 4) is 0 Å². The van der Waals surface area contributed by atoms with Gasteiger partial charge in [0.1, 0.15) is 0 Å². The molecule has 4 atom stereocenters. The second-order valence-corrected chi connectivity index (χ2v) is 10.6. The average molecular weight is 571 g/mol. The van der Waals surface area contributed by atoms with Gasteiger partial charge < -0.3 is 20.4 Å². The minimum absolute atomic E-state index is 0. The number of aliphatic hydroxyl groups is 1. The number of hydrogen-bond donors (Lipinski definition) is 3. The maximum atomic E-state index is 11.9. The molecule has 4 rings (SSSR count). The van der Waals surface area contributed by atoms with Crippen LogP contribution in [0.3, 0.4) is 0 Å². The summed E-state index contributed by atoms with van der Waals surface area (Å²) in [5.41, 5.74) is 0.118. The van der Waals surface area contributed by atoms with Crippen molar-refractivity contribution >= 4 is 36.5 Å². The molecule has 0 saturated carbocycles. The maximum absolute atomic E-state index is 11.9. The first-order valence-electron chi connectivity index (χ1n) is 12.7. The molecular formula is C28H41Cl2N3O5. The van der Waals surface area contributed by atoms with Gasteiger partial charge in [-0.15, -0.1) is 24.8 Å². The molecule has 2 fully saturated rings. The number of rotatable bonds is 5. The summed E-state index contributed by atoms with van der Waals surface area (Å²) in [6.45, 7) is 6.60. The molecule has 2 heterocycles. The summed E-state index contributed by atoms with van der Waals surface area (Å²) in [7, 11) is 2.20. The number of carbonyl (C=O) groups is 1. The Labute approximate surface area is 237 Å². The fourth-order valence-corrected chi connectivity index (χ4v) is 5.62. The Morgan fingerprint density at radius 1 is 1.11 bits per heavy atom. The molecule has 8 nitrogen and oxygen atoms in total. The third-order valence-electron chi connectivity index (χ3n) is 7.88. The Hall–Kier alpha value is -2.23. The van der Waals surface area contributed by atoms with Crippen molar-refractivity contribution in [1.82, 2.24) is 10.2 Å². The van der Waals surface area contributed by atoms with E-state index in [1.165, 1.54) is 37.8 Å². The summed E-state index contributed by atoms with van der Waals surface area (Å²) in [4.78, 5) is 22.3. The van der Waals surface area contributed by atoms with Crippen LogP contribution < -0.4 is 5.32 Å². The molecule has 0 radical (unpaired) electrons. The van der Waals surface area contributed by atoms with Crippen LogP contribution in [0.2, 0.25) is 0 Å². The van der Waals surface area contributed by atoms with Gasteiger partial charge >= 0.3 is 5.97 Å². The highest BCUT2D eigenvalue weighted by atomic mass is 35.5. The molecule has 10 heteroatoms. The third kappa shape index (κ3) is 8.13. The van der Waals surface area contributed by atoms with Crippen molar-refractivity contribution in [2.75, 3.05) is 20.1 Å². The highest BCUT2D eigenvalue weighted by Gasteiger charge is 2.53. The van der Waals surface area contributed by atoms with Crippen molar-refractivity contribution in [2.45, 2.75) is 70.1 Å². The molecule has 2 aliphatic rings. The molecule has 2 aromatic rings. The first-order chi connectivity index (χ1) is 17.1. The zero-order chi connectivity index (χ0) is 26.3. The lowest BCUT2D eigenvalue weighted by Gasteiger charge is -2.55. The van der Waals surface area contributed by atoms with Crippen LogP contribution >= 0.6 is 24.8 Å². The molecule has 3 N–H and O–H groups in total. The van der Waals surface area contributed by atoms with Gasteiger partial charge in [-0.2, -0.15) is 0 Å². The lowest BCUT2D eigenvalue weighted by atomic mass is 9.61. The number of halogens is 2. The number of nitro benzene ring substituents is 1. The summed E-state index contributed by atoms with van der Waals surface area (Å²) >= 11 is 0. The summed E-state index contributed by atoms with van der Waals surface area (Å²) in [5.74, 6) is -1.09. The van der Waals surface area contributed by atoms with Crippen LogP contribution in [0.4, 0.5) is 5.69 Å². The van der Waals surface area contributed by atoms with E-state index in [-0.39, 0.29) is 41.5 Å². The van der Waals surface area contributed by atoms with E-state index in [0.717, 1.165) is 43.6 Å². The Kier molecular flexibility index (Phi) is 13.2. The topological polar surface area (TPSA) is 116 Å². The standard InChI is InChI=1S/C21H34N2O.C7H5NO4.2ClH/c1-17-14-21(24,18-10-6-4-7-11-18)20(2,16-23(17)3)15-19-12-8-5-9-13-22-19;9-7(10)5-1-3-6(4-2-5)8(11)12;;/h4,6-7,10-11,17,19,22,24H,5,8-9,12-16H2,1-3H3;1-4H,(H,9,10);2*1H. The first kappa shape index (κ1) is 33.8. The number of carboxylic acids is 1. The van der Waals surface area contributed by atoms with Crippen LogP contribution in [0.15, 0.2) is 54.6 Å². The Balaban J connectivity index is 0.000000441. The number of likely N-dealkylation sites (tertiary alicyclic amines) is 1. The third-order valence-corrected chi connectivity index (χ3v) is 7.88. The van der Waals surface area contributed by atoms with Crippen molar-refractivity contribution in [2.24, 2.45) is 5.41 Å². The van der Waals surface area contributed by atoms with Crippen molar-refractivity contribution in [3.05, 3.63) is 75.8 Å². The zero-order valence-electron chi connectivity index (χ0n) is 22.3. The number of aromatic carboxylic acids is 1. The summed E-state index contributed by atoms with van der Waals surface area (Å²) < 4.78 is 0. The highest BCUT2D eigenvalue weighted by molar-refractivity contribution is 5.87. The number of carboxylic acid groups (broad SMARTS) is 1.